The molecule has 74 valence electrons. The molecule has 0 atom stereocenters. The topological polar surface area (TPSA) is 34.1 Å². The summed E-state index contributed by atoms with van der Waals surface area (Å²) in [5.74, 6) is -23.2. The van der Waals surface area contributed by atoms with Crippen LogP contribution in [0.4, 0.5) is 26.3 Å². The lowest BCUT2D eigenvalue weighted by molar-refractivity contribution is -0.192. The lowest BCUT2D eigenvalue weighted by atomic mass is 10.2. The van der Waals surface area contributed by atoms with Crippen LogP contribution in [0, 0.1) is 0 Å². The van der Waals surface area contributed by atoms with Gasteiger partial charge in [-0.25, -0.2) is 0 Å². The van der Waals surface area contributed by atoms with Crippen LogP contribution < -0.4 is 0 Å². The van der Waals surface area contributed by atoms with Crippen molar-refractivity contribution in [3.63, 3.8) is 0 Å². The molecule has 1 saturated carbocycles. The lowest BCUT2D eigenvalue weighted by Gasteiger charge is -2.12. The molecule has 0 aromatic heterocycles. The normalized spacial score (nSPS) is 29.4. The molecule has 1 aliphatic rings. The van der Waals surface area contributed by atoms with E-state index in [1.807, 2.05) is 0 Å². The predicted molar refractivity (Wildman–Crippen MR) is 24.9 cm³/mol. The van der Waals surface area contributed by atoms with E-state index in [9.17, 15) is 35.9 Å². The smallest absolute Gasteiger partial charge is 0.285 e. The summed E-state index contributed by atoms with van der Waals surface area (Å²) in [4.78, 5) is 19.9. The quantitative estimate of drug-likeness (QED) is 0.438. The standard InChI is InChI=1S/C5F6O2/c6-3(7)1(12)4(8,9)5(10,11)2(3)13. The van der Waals surface area contributed by atoms with Gasteiger partial charge in [-0.2, -0.15) is 26.3 Å². The van der Waals surface area contributed by atoms with Crippen LogP contribution in [0.25, 0.3) is 0 Å². The molecule has 0 radical (unpaired) electrons. The van der Waals surface area contributed by atoms with Gasteiger partial charge in [0.25, 0.3) is 11.6 Å². The summed E-state index contributed by atoms with van der Waals surface area (Å²) in [7, 11) is 0. The number of carbonyl (C=O) groups is 2. The molecule has 0 N–H and O–H groups in total. The van der Waals surface area contributed by atoms with Gasteiger partial charge in [-0.3, -0.25) is 9.59 Å². The Bertz CT molecular complexity index is 265. The van der Waals surface area contributed by atoms with Gasteiger partial charge in [-0.05, 0) is 0 Å². The highest BCUT2D eigenvalue weighted by Gasteiger charge is 2.84. The van der Waals surface area contributed by atoms with Gasteiger partial charge >= 0.3 is 17.8 Å². The largest absolute Gasteiger partial charge is 0.381 e. The van der Waals surface area contributed by atoms with E-state index in [0.717, 1.165) is 0 Å². The van der Waals surface area contributed by atoms with E-state index in [-0.39, 0.29) is 0 Å². The van der Waals surface area contributed by atoms with Gasteiger partial charge in [-0.1, -0.05) is 0 Å². The number of Topliss-reactive ketones (excluding diaryl/α,β-unsaturated/α-hetero) is 2. The Hall–Kier alpha value is -1.08. The third kappa shape index (κ3) is 0.853. The van der Waals surface area contributed by atoms with E-state index in [4.69, 9.17) is 0 Å². The monoisotopic (exact) mass is 206 g/mol. The summed E-state index contributed by atoms with van der Waals surface area (Å²) in [5.41, 5.74) is 0. The van der Waals surface area contributed by atoms with Crippen molar-refractivity contribution >= 4 is 11.6 Å². The Labute approximate surface area is 66.5 Å². The summed E-state index contributed by atoms with van der Waals surface area (Å²) in [5, 5.41) is 0. The summed E-state index contributed by atoms with van der Waals surface area (Å²) < 4.78 is 72.4. The minimum Gasteiger partial charge on any atom is -0.285 e. The van der Waals surface area contributed by atoms with Crippen LogP contribution in [0.5, 0.6) is 0 Å². The minimum atomic E-state index is -5.62. The van der Waals surface area contributed by atoms with Crippen molar-refractivity contribution in [1.82, 2.24) is 0 Å². The Morgan fingerprint density at radius 3 is 1.00 bits per heavy atom. The molecule has 13 heavy (non-hydrogen) atoms. The van der Waals surface area contributed by atoms with Crippen LogP contribution in [0.2, 0.25) is 0 Å². The summed E-state index contributed by atoms with van der Waals surface area (Å²) in [6, 6.07) is 0. The molecule has 0 aromatic rings. The summed E-state index contributed by atoms with van der Waals surface area (Å²) in [6.45, 7) is 0. The fourth-order valence-corrected chi connectivity index (χ4v) is 0.783. The van der Waals surface area contributed by atoms with E-state index in [2.05, 4.69) is 0 Å². The molecular weight excluding hydrogens is 206 g/mol. The number of hydrogen-bond donors (Lipinski definition) is 0. The highest BCUT2D eigenvalue weighted by atomic mass is 19.3. The molecule has 0 bridgehead atoms. The van der Waals surface area contributed by atoms with Crippen LogP contribution >= 0.6 is 0 Å². The first-order chi connectivity index (χ1) is 5.56. The number of ketones is 2. The molecule has 2 nitrogen and oxygen atoms in total. The van der Waals surface area contributed by atoms with Gasteiger partial charge in [0.15, 0.2) is 0 Å². The van der Waals surface area contributed by atoms with Crippen molar-refractivity contribution in [2.45, 2.75) is 17.8 Å². The van der Waals surface area contributed by atoms with Gasteiger partial charge < -0.3 is 0 Å². The summed E-state index contributed by atoms with van der Waals surface area (Å²) >= 11 is 0. The molecule has 0 saturated heterocycles. The van der Waals surface area contributed by atoms with Gasteiger partial charge in [0, 0.05) is 0 Å². The molecule has 0 aliphatic heterocycles. The molecule has 1 fully saturated rings. The van der Waals surface area contributed by atoms with Crippen molar-refractivity contribution in [1.29, 1.82) is 0 Å². The van der Waals surface area contributed by atoms with Crippen LogP contribution in [0.3, 0.4) is 0 Å². The van der Waals surface area contributed by atoms with E-state index < -0.39 is 29.3 Å². The highest BCUT2D eigenvalue weighted by molar-refractivity contribution is 6.22. The molecule has 0 aromatic carbocycles. The molecule has 0 amide bonds. The zero-order chi connectivity index (χ0) is 10.7. The van der Waals surface area contributed by atoms with Crippen LogP contribution in [0.15, 0.2) is 0 Å². The first-order valence-electron chi connectivity index (χ1n) is 2.79. The molecule has 0 spiro atoms. The summed E-state index contributed by atoms with van der Waals surface area (Å²) in [6.07, 6.45) is 0. The van der Waals surface area contributed by atoms with E-state index in [1.54, 1.807) is 0 Å². The van der Waals surface area contributed by atoms with Crippen molar-refractivity contribution in [3.8, 4) is 0 Å². The lowest BCUT2D eigenvalue weighted by Crippen LogP contribution is -2.43. The molecule has 1 aliphatic carbocycles. The maximum absolute atomic E-state index is 12.1. The first-order valence-corrected chi connectivity index (χ1v) is 2.79. The minimum absolute atomic E-state index is 3.35. The van der Waals surface area contributed by atoms with Gasteiger partial charge in [0.2, 0.25) is 0 Å². The number of hydrogen-bond acceptors (Lipinski definition) is 2. The second-order valence-electron chi connectivity index (χ2n) is 2.38. The number of carbonyl (C=O) groups excluding carboxylic acids is 2. The fourth-order valence-electron chi connectivity index (χ4n) is 0.783. The van der Waals surface area contributed by atoms with Crippen LogP contribution in [0.1, 0.15) is 0 Å². The second-order valence-corrected chi connectivity index (χ2v) is 2.38. The Morgan fingerprint density at radius 1 is 0.692 bits per heavy atom. The van der Waals surface area contributed by atoms with E-state index in [0.29, 0.717) is 0 Å². The maximum Gasteiger partial charge on any atom is 0.381 e. The average molecular weight is 206 g/mol. The second kappa shape index (κ2) is 2.05. The third-order valence-corrected chi connectivity index (χ3v) is 1.54. The van der Waals surface area contributed by atoms with Gasteiger partial charge in [-0.15, -0.1) is 0 Å². The zero-order valence-corrected chi connectivity index (χ0v) is 5.58. The Kier molecular flexibility index (Phi) is 1.57. The average Bonchev–Trinajstić information content (AvgIpc) is 2.05. The molecule has 8 heteroatoms. The Balaban J connectivity index is 3.38. The van der Waals surface area contributed by atoms with Crippen LogP contribution in [-0.2, 0) is 9.59 Å². The molecule has 1 rings (SSSR count). The Morgan fingerprint density at radius 2 is 0.923 bits per heavy atom. The van der Waals surface area contributed by atoms with Crippen molar-refractivity contribution < 1.29 is 35.9 Å². The maximum atomic E-state index is 12.1. The van der Waals surface area contributed by atoms with Crippen molar-refractivity contribution in [3.05, 3.63) is 0 Å². The molecule has 0 heterocycles. The number of rotatable bonds is 0. The van der Waals surface area contributed by atoms with E-state index >= 15 is 0 Å². The third-order valence-electron chi connectivity index (χ3n) is 1.54. The highest BCUT2D eigenvalue weighted by Crippen LogP contribution is 2.49. The van der Waals surface area contributed by atoms with E-state index in [1.165, 1.54) is 0 Å². The van der Waals surface area contributed by atoms with Crippen LogP contribution in [-0.4, -0.2) is 29.3 Å². The molecular formula is C5F6O2. The number of alkyl halides is 6. The SMILES string of the molecule is O=C1C(F)(F)C(=O)C(F)(F)C1(F)F. The van der Waals surface area contributed by atoms with Gasteiger partial charge in [0.05, 0.1) is 0 Å². The fraction of sp³-hybridized carbons (Fsp3) is 0.600. The van der Waals surface area contributed by atoms with Crippen molar-refractivity contribution in [2.75, 3.05) is 0 Å². The van der Waals surface area contributed by atoms with Gasteiger partial charge in [0.1, 0.15) is 0 Å². The number of halogens is 6. The van der Waals surface area contributed by atoms with Crippen molar-refractivity contribution in [2.24, 2.45) is 0 Å². The first kappa shape index (κ1) is 10.0. The zero-order valence-electron chi connectivity index (χ0n) is 5.58. The molecule has 0 unspecified atom stereocenters. The predicted octanol–water partition coefficient (Wildman–Crippen LogP) is 1.04.